The molecule has 0 bridgehead atoms. The van der Waals surface area contributed by atoms with Gasteiger partial charge in [-0.25, -0.2) is 15.0 Å². The fourth-order valence-corrected chi connectivity index (χ4v) is 3.68. The molecule has 162 valence electrons. The first-order valence-electron chi connectivity index (χ1n) is 10.5. The fraction of sp³-hybridized carbons (Fsp3) is 0.364. The van der Waals surface area contributed by atoms with Gasteiger partial charge >= 0.3 is 0 Å². The lowest BCUT2D eigenvalue weighted by molar-refractivity contribution is 0.0952. The maximum atomic E-state index is 12.7. The smallest absolute Gasteiger partial charge is 0.252 e. The average molecular weight is 421 g/mol. The molecular formula is C22H28N8O. The van der Waals surface area contributed by atoms with Gasteiger partial charge in [0.15, 0.2) is 0 Å². The van der Waals surface area contributed by atoms with E-state index in [4.69, 9.17) is 4.98 Å². The van der Waals surface area contributed by atoms with E-state index in [0.717, 1.165) is 42.4 Å². The summed E-state index contributed by atoms with van der Waals surface area (Å²) in [5, 5.41) is 3.01. The van der Waals surface area contributed by atoms with Crippen LogP contribution in [0.2, 0.25) is 0 Å². The molecule has 0 unspecified atom stereocenters. The van der Waals surface area contributed by atoms with Crippen molar-refractivity contribution in [1.29, 1.82) is 0 Å². The zero-order valence-corrected chi connectivity index (χ0v) is 18.2. The van der Waals surface area contributed by atoms with Crippen LogP contribution in [0.5, 0.6) is 0 Å². The molecule has 0 aromatic carbocycles. The number of amides is 1. The number of carbonyl (C=O) groups is 1. The van der Waals surface area contributed by atoms with Crippen molar-refractivity contribution in [2.24, 2.45) is 7.05 Å². The third kappa shape index (κ3) is 4.45. The van der Waals surface area contributed by atoms with Crippen molar-refractivity contribution < 1.29 is 4.79 Å². The van der Waals surface area contributed by atoms with Gasteiger partial charge in [0.05, 0.1) is 24.1 Å². The van der Waals surface area contributed by atoms with Gasteiger partial charge in [-0.2, -0.15) is 0 Å². The second-order valence-corrected chi connectivity index (χ2v) is 7.60. The molecule has 9 nitrogen and oxygen atoms in total. The van der Waals surface area contributed by atoms with E-state index >= 15 is 0 Å². The molecule has 0 radical (unpaired) electrons. The van der Waals surface area contributed by atoms with Crippen LogP contribution >= 0.6 is 0 Å². The Balaban J connectivity index is 1.51. The Morgan fingerprint density at radius 2 is 2.10 bits per heavy atom. The van der Waals surface area contributed by atoms with Crippen LogP contribution in [0.1, 0.15) is 35.2 Å². The van der Waals surface area contributed by atoms with Crippen LogP contribution in [0.15, 0.2) is 49.4 Å². The highest BCUT2D eigenvalue weighted by Crippen LogP contribution is 2.24. The summed E-state index contributed by atoms with van der Waals surface area (Å²) in [4.78, 5) is 28.1. The number of hydrogen-bond donors (Lipinski definition) is 1. The normalized spacial score (nSPS) is 11.2. The molecule has 4 heterocycles. The van der Waals surface area contributed by atoms with Crippen LogP contribution in [-0.2, 0) is 26.6 Å². The van der Waals surface area contributed by atoms with Crippen LogP contribution in [-0.4, -0.2) is 48.0 Å². The van der Waals surface area contributed by atoms with E-state index in [1.54, 1.807) is 18.7 Å². The molecule has 1 amide bonds. The molecule has 4 aromatic heterocycles. The van der Waals surface area contributed by atoms with Crippen molar-refractivity contribution in [2.45, 2.75) is 32.9 Å². The van der Waals surface area contributed by atoms with Crippen molar-refractivity contribution in [3.8, 4) is 0 Å². The monoisotopic (exact) mass is 420 g/mol. The number of hydrogen-bond acceptors (Lipinski definition) is 5. The average Bonchev–Trinajstić information content (AvgIpc) is 3.50. The Bertz CT molecular complexity index is 1160. The second kappa shape index (κ2) is 9.03. The summed E-state index contributed by atoms with van der Waals surface area (Å²) in [6.07, 6.45) is 12.7. The maximum absolute atomic E-state index is 12.7. The number of nitrogens with zero attached hydrogens (tertiary/aromatic N) is 7. The molecule has 0 saturated carbocycles. The Labute approximate surface area is 181 Å². The molecule has 0 aliphatic carbocycles. The molecule has 1 N–H and O–H groups in total. The molecule has 0 aliphatic rings. The van der Waals surface area contributed by atoms with E-state index < -0.39 is 0 Å². The summed E-state index contributed by atoms with van der Waals surface area (Å²) in [6, 6.07) is 3.73. The predicted molar refractivity (Wildman–Crippen MR) is 119 cm³/mol. The zero-order chi connectivity index (χ0) is 21.8. The third-order valence-corrected chi connectivity index (χ3v) is 5.36. The van der Waals surface area contributed by atoms with Gasteiger partial charge in [-0.05, 0) is 25.0 Å². The molecule has 4 rings (SSSR count). The summed E-state index contributed by atoms with van der Waals surface area (Å²) in [6.45, 7) is 4.16. The molecule has 4 aromatic rings. The maximum Gasteiger partial charge on any atom is 0.252 e. The summed E-state index contributed by atoms with van der Waals surface area (Å²) in [5.41, 5.74) is 2.44. The lowest BCUT2D eigenvalue weighted by Gasteiger charge is -2.20. The molecule has 0 atom stereocenters. The lowest BCUT2D eigenvalue weighted by atomic mass is 10.2. The molecule has 9 heteroatoms. The Kier molecular flexibility index (Phi) is 6.01. The SMILES string of the molecule is CCc1nc2ccc(C(=O)NCCCn3ccnc3)cn2c1N(C)Cc1nccn1C. The Morgan fingerprint density at radius 1 is 1.23 bits per heavy atom. The molecule has 0 saturated heterocycles. The van der Waals surface area contributed by atoms with Gasteiger partial charge in [-0.1, -0.05) is 6.92 Å². The van der Waals surface area contributed by atoms with Gasteiger partial charge in [-0.3, -0.25) is 9.20 Å². The van der Waals surface area contributed by atoms with Gasteiger partial charge < -0.3 is 19.4 Å². The van der Waals surface area contributed by atoms with Gasteiger partial charge in [-0.15, -0.1) is 0 Å². The summed E-state index contributed by atoms with van der Waals surface area (Å²) < 4.78 is 6.01. The van der Waals surface area contributed by atoms with E-state index in [9.17, 15) is 4.79 Å². The van der Waals surface area contributed by atoms with Crippen LogP contribution in [0.3, 0.4) is 0 Å². The van der Waals surface area contributed by atoms with E-state index in [-0.39, 0.29) is 5.91 Å². The van der Waals surface area contributed by atoms with Crippen LogP contribution in [0, 0.1) is 0 Å². The van der Waals surface area contributed by atoms with Gasteiger partial charge in [0.1, 0.15) is 17.3 Å². The van der Waals surface area contributed by atoms with Crippen LogP contribution in [0.25, 0.3) is 5.65 Å². The number of pyridine rings is 1. The first kappa shape index (κ1) is 20.6. The molecular weight excluding hydrogens is 392 g/mol. The van der Waals surface area contributed by atoms with E-state index in [1.807, 2.05) is 58.4 Å². The Morgan fingerprint density at radius 3 is 2.81 bits per heavy atom. The van der Waals surface area contributed by atoms with Crippen molar-refractivity contribution in [3.63, 3.8) is 0 Å². The fourth-order valence-electron chi connectivity index (χ4n) is 3.68. The minimum absolute atomic E-state index is 0.0861. The highest BCUT2D eigenvalue weighted by atomic mass is 16.1. The number of nitrogens with one attached hydrogen (secondary N) is 1. The zero-order valence-electron chi connectivity index (χ0n) is 18.2. The number of aryl methyl sites for hydroxylation is 3. The van der Waals surface area contributed by atoms with Crippen molar-refractivity contribution in [1.82, 2.24) is 33.8 Å². The minimum atomic E-state index is -0.0861. The number of aromatic nitrogens is 6. The predicted octanol–water partition coefficient (Wildman–Crippen LogP) is 2.28. The van der Waals surface area contributed by atoms with Gasteiger partial charge in [0.2, 0.25) is 0 Å². The Hall–Kier alpha value is -3.62. The van der Waals surface area contributed by atoms with Crippen molar-refractivity contribution >= 4 is 17.4 Å². The third-order valence-electron chi connectivity index (χ3n) is 5.36. The summed E-state index contributed by atoms with van der Waals surface area (Å²) >= 11 is 0. The molecule has 31 heavy (non-hydrogen) atoms. The van der Waals surface area contributed by atoms with Crippen molar-refractivity contribution in [2.75, 3.05) is 18.5 Å². The molecule has 0 aliphatic heterocycles. The lowest BCUT2D eigenvalue weighted by Crippen LogP contribution is -2.26. The number of fused-ring (bicyclic) bond motifs is 1. The van der Waals surface area contributed by atoms with Crippen molar-refractivity contribution in [3.05, 3.63) is 66.5 Å². The van der Waals surface area contributed by atoms with E-state index in [1.165, 1.54) is 0 Å². The number of rotatable bonds is 9. The second-order valence-electron chi connectivity index (χ2n) is 7.60. The highest BCUT2D eigenvalue weighted by molar-refractivity contribution is 5.94. The largest absolute Gasteiger partial charge is 0.352 e. The van der Waals surface area contributed by atoms with Crippen LogP contribution in [0.4, 0.5) is 5.82 Å². The standard InChI is InChI=1S/C22H28N8O/c1-4-18-22(28(3)15-20-24-10-12-27(20)2)30-14-17(6-7-19(30)26-18)21(31)25-8-5-11-29-13-9-23-16-29/h6-7,9-10,12-14,16H,4-5,8,11,15H2,1-3H3,(H,25,31). The van der Waals surface area contributed by atoms with Gasteiger partial charge in [0.25, 0.3) is 5.91 Å². The topological polar surface area (TPSA) is 85.3 Å². The molecule has 0 spiro atoms. The highest BCUT2D eigenvalue weighted by Gasteiger charge is 2.18. The minimum Gasteiger partial charge on any atom is -0.352 e. The summed E-state index contributed by atoms with van der Waals surface area (Å²) in [5.74, 6) is 1.86. The number of carbonyl (C=O) groups excluding carboxylic acids is 1. The number of anilines is 1. The first-order valence-corrected chi connectivity index (χ1v) is 10.5. The number of imidazole rings is 3. The first-order chi connectivity index (χ1) is 15.1. The van der Waals surface area contributed by atoms with Crippen LogP contribution < -0.4 is 10.2 Å². The quantitative estimate of drug-likeness (QED) is 0.420. The summed E-state index contributed by atoms with van der Waals surface area (Å²) in [7, 11) is 4.01. The van der Waals surface area contributed by atoms with E-state index in [2.05, 4.69) is 27.1 Å². The van der Waals surface area contributed by atoms with E-state index in [0.29, 0.717) is 18.7 Å². The van der Waals surface area contributed by atoms with Gasteiger partial charge in [0, 0.05) is 58.2 Å². The molecule has 0 fully saturated rings.